The second-order valence-corrected chi connectivity index (χ2v) is 4.84. The first kappa shape index (κ1) is 13.4. The predicted molar refractivity (Wildman–Crippen MR) is 73.1 cm³/mol. The molecule has 94 valence electrons. The van der Waals surface area contributed by atoms with Gasteiger partial charge in [0, 0.05) is 5.56 Å². The highest BCUT2D eigenvalue weighted by atomic mass is 35.5. The molecule has 0 saturated heterocycles. The molecule has 2 aromatic rings. The third kappa shape index (κ3) is 2.53. The van der Waals surface area contributed by atoms with Gasteiger partial charge in [0.2, 0.25) is 5.88 Å². The Balaban J connectivity index is 2.41. The molecule has 1 aromatic heterocycles. The van der Waals surface area contributed by atoms with Crippen LogP contribution in [0.15, 0.2) is 18.2 Å². The van der Waals surface area contributed by atoms with Crippen molar-refractivity contribution in [3.63, 3.8) is 0 Å². The van der Waals surface area contributed by atoms with Gasteiger partial charge >= 0.3 is 0 Å². The minimum atomic E-state index is 0.341. The summed E-state index contributed by atoms with van der Waals surface area (Å²) >= 11 is 17.8. The molecule has 0 spiro atoms. The van der Waals surface area contributed by atoms with Crippen LogP contribution in [0.3, 0.4) is 0 Å². The van der Waals surface area contributed by atoms with Gasteiger partial charge in [-0.1, -0.05) is 40.9 Å². The molecule has 2 rings (SSSR count). The summed E-state index contributed by atoms with van der Waals surface area (Å²) in [7, 11) is 0. The van der Waals surface area contributed by atoms with Crippen molar-refractivity contribution in [2.75, 3.05) is 0 Å². The SMILES string of the molecule is Cc1c(Cl)nnc(Oc2cccc(Cl)c2Cl)c1C. The zero-order valence-corrected chi connectivity index (χ0v) is 11.9. The summed E-state index contributed by atoms with van der Waals surface area (Å²) in [6.07, 6.45) is 0. The number of nitrogens with zero attached hydrogens (tertiary/aromatic N) is 2. The van der Waals surface area contributed by atoms with Crippen LogP contribution >= 0.6 is 34.8 Å². The molecule has 0 radical (unpaired) electrons. The average Bonchev–Trinajstić information content (AvgIpc) is 2.35. The van der Waals surface area contributed by atoms with Gasteiger partial charge in [0.25, 0.3) is 0 Å². The highest BCUT2D eigenvalue weighted by Crippen LogP contribution is 2.35. The van der Waals surface area contributed by atoms with Crippen LogP contribution < -0.4 is 4.74 Å². The molecule has 0 bridgehead atoms. The smallest absolute Gasteiger partial charge is 0.242 e. The minimum Gasteiger partial charge on any atom is -0.436 e. The van der Waals surface area contributed by atoms with E-state index in [0.29, 0.717) is 26.8 Å². The second kappa shape index (κ2) is 5.31. The summed E-state index contributed by atoms with van der Waals surface area (Å²) in [5.41, 5.74) is 1.63. The lowest BCUT2D eigenvalue weighted by Gasteiger charge is -2.10. The summed E-state index contributed by atoms with van der Waals surface area (Å²) in [5.74, 6) is 0.796. The Morgan fingerprint density at radius 3 is 2.44 bits per heavy atom. The highest BCUT2D eigenvalue weighted by Gasteiger charge is 2.12. The van der Waals surface area contributed by atoms with Crippen molar-refractivity contribution in [1.82, 2.24) is 10.2 Å². The van der Waals surface area contributed by atoms with E-state index in [1.54, 1.807) is 18.2 Å². The van der Waals surface area contributed by atoms with Crippen molar-refractivity contribution in [3.05, 3.63) is 44.5 Å². The van der Waals surface area contributed by atoms with Gasteiger partial charge in [-0.2, -0.15) is 0 Å². The van der Waals surface area contributed by atoms with Gasteiger partial charge < -0.3 is 4.74 Å². The van der Waals surface area contributed by atoms with Crippen LogP contribution in [0.5, 0.6) is 11.6 Å². The topological polar surface area (TPSA) is 35.0 Å². The number of hydrogen-bond acceptors (Lipinski definition) is 3. The van der Waals surface area contributed by atoms with Gasteiger partial charge in [0.1, 0.15) is 10.8 Å². The van der Waals surface area contributed by atoms with Crippen LogP contribution in [0.4, 0.5) is 0 Å². The molecule has 1 heterocycles. The minimum absolute atomic E-state index is 0.341. The van der Waals surface area contributed by atoms with Crippen molar-refractivity contribution >= 4 is 34.8 Å². The second-order valence-electron chi connectivity index (χ2n) is 3.70. The molecule has 0 aliphatic carbocycles. The number of benzene rings is 1. The Bertz CT molecular complexity index is 602. The summed E-state index contributed by atoms with van der Waals surface area (Å²) in [5, 5.41) is 8.82. The molecule has 0 atom stereocenters. The maximum absolute atomic E-state index is 6.04. The third-order valence-electron chi connectivity index (χ3n) is 2.54. The summed E-state index contributed by atoms with van der Waals surface area (Å²) in [6, 6.07) is 5.14. The average molecular weight is 304 g/mol. The first-order chi connectivity index (χ1) is 8.50. The molecule has 6 heteroatoms. The molecule has 0 fully saturated rings. The number of aromatic nitrogens is 2. The van der Waals surface area contributed by atoms with Gasteiger partial charge in [0.05, 0.1) is 5.02 Å². The van der Waals surface area contributed by atoms with E-state index in [-0.39, 0.29) is 0 Å². The van der Waals surface area contributed by atoms with Crippen LogP contribution in [-0.2, 0) is 0 Å². The van der Waals surface area contributed by atoms with Crippen molar-refractivity contribution in [3.8, 4) is 11.6 Å². The Labute approximate surface area is 120 Å². The highest BCUT2D eigenvalue weighted by molar-refractivity contribution is 6.42. The normalized spacial score (nSPS) is 10.5. The molecule has 0 N–H and O–H groups in total. The van der Waals surface area contributed by atoms with Crippen LogP contribution in [-0.4, -0.2) is 10.2 Å². The van der Waals surface area contributed by atoms with Crippen molar-refractivity contribution in [2.24, 2.45) is 0 Å². The molecular formula is C12H9Cl3N2O. The number of ether oxygens (including phenoxy) is 1. The molecule has 18 heavy (non-hydrogen) atoms. The van der Waals surface area contributed by atoms with Crippen molar-refractivity contribution in [2.45, 2.75) is 13.8 Å². The fourth-order valence-electron chi connectivity index (χ4n) is 1.32. The molecule has 0 saturated carbocycles. The summed E-state index contributed by atoms with van der Waals surface area (Å²) in [6.45, 7) is 3.70. The summed E-state index contributed by atoms with van der Waals surface area (Å²) in [4.78, 5) is 0. The quantitative estimate of drug-likeness (QED) is 0.795. The largest absolute Gasteiger partial charge is 0.436 e. The van der Waals surface area contributed by atoms with Crippen LogP contribution in [0.25, 0.3) is 0 Å². The van der Waals surface area contributed by atoms with Gasteiger partial charge in [-0.15, -0.1) is 10.2 Å². The Kier molecular flexibility index (Phi) is 3.95. The van der Waals surface area contributed by atoms with E-state index in [2.05, 4.69) is 10.2 Å². The van der Waals surface area contributed by atoms with Crippen LogP contribution in [0, 0.1) is 13.8 Å². The molecule has 0 aliphatic heterocycles. The van der Waals surface area contributed by atoms with E-state index >= 15 is 0 Å². The molecule has 0 aliphatic rings. The van der Waals surface area contributed by atoms with Crippen molar-refractivity contribution in [1.29, 1.82) is 0 Å². The summed E-state index contributed by atoms with van der Waals surface area (Å²) < 4.78 is 5.61. The van der Waals surface area contributed by atoms with E-state index in [4.69, 9.17) is 39.5 Å². The number of halogens is 3. The van der Waals surface area contributed by atoms with E-state index in [1.165, 1.54) is 0 Å². The first-order valence-corrected chi connectivity index (χ1v) is 6.25. The Morgan fingerprint density at radius 2 is 1.72 bits per heavy atom. The molecule has 0 amide bonds. The number of rotatable bonds is 2. The Morgan fingerprint density at radius 1 is 1.00 bits per heavy atom. The zero-order valence-electron chi connectivity index (χ0n) is 9.67. The molecule has 1 aromatic carbocycles. The maximum Gasteiger partial charge on any atom is 0.242 e. The van der Waals surface area contributed by atoms with E-state index < -0.39 is 0 Å². The molecule has 0 unspecified atom stereocenters. The van der Waals surface area contributed by atoms with Crippen LogP contribution in [0.2, 0.25) is 15.2 Å². The molecular weight excluding hydrogens is 295 g/mol. The number of hydrogen-bond donors (Lipinski definition) is 0. The lowest BCUT2D eigenvalue weighted by atomic mass is 10.2. The lowest BCUT2D eigenvalue weighted by Crippen LogP contribution is -1.98. The fraction of sp³-hybridized carbons (Fsp3) is 0.167. The van der Waals surface area contributed by atoms with E-state index in [1.807, 2.05) is 13.8 Å². The van der Waals surface area contributed by atoms with E-state index in [0.717, 1.165) is 11.1 Å². The lowest BCUT2D eigenvalue weighted by molar-refractivity contribution is 0.450. The van der Waals surface area contributed by atoms with Crippen LogP contribution in [0.1, 0.15) is 11.1 Å². The maximum atomic E-state index is 6.04. The van der Waals surface area contributed by atoms with Gasteiger partial charge in [-0.05, 0) is 31.5 Å². The van der Waals surface area contributed by atoms with Crippen molar-refractivity contribution < 1.29 is 4.74 Å². The zero-order chi connectivity index (χ0) is 13.3. The van der Waals surface area contributed by atoms with E-state index in [9.17, 15) is 0 Å². The Hall–Kier alpha value is -1.03. The monoisotopic (exact) mass is 302 g/mol. The standard InChI is InChI=1S/C12H9Cl3N2O/c1-6-7(2)12(17-16-11(6)15)18-9-5-3-4-8(13)10(9)14/h3-5H,1-2H3. The van der Waals surface area contributed by atoms with Gasteiger partial charge in [-0.25, -0.2) is 0 Å². The molecule has 3 nitrogen and oxygen atoms in total. The van der Waals surface area contributed by atoms with Gasteiger partial charge in [-0.3, -0.25) is 0 Å². The van der Waals surface area contributed by atoms with Gasteiger partial charge in [0.15, 0.2) is 5.15 Å². The first-order valence-electron chi connectivity index (χ1n) is 5.12. The fourth-order valence-corrected chi connectivity index (χ4v) is 1.83. The third-order valence-corrected chi connectivity index (χ3v) is 3.70. The predicted octanol–water partition coefficient (Wildman–Crippen LogP) is 4.85.